The van der Waals surface area contributed by atoms with Crippen molar-refractivity contribution >= 4 is 17.5 Å². The highest BCUT2D eigenvalue weighted by Crippen LogP contribution is 2.22. The number of rotatable bonds is 8. The van der Waals surface area contributed by atoms with Gasteiger partial charge in [0.05, 0.1) is 5.69 Å². The number of aromatic amines is 1. The molecule has 0 aliphatic carbocycles. The summed E-state index contributed by atoms with van der Waals surface area (Å²) in [7, 11) is 0. The van der Waals surface area contributed by atoms with Gasteiger partial charge >= 0.3 is 5.97 Å². The Bertz CT molecular complexity index is 1060. The number of hydrogen-bond donors (Lipinski definition) is 1. The number of ketones is 2. The molecule has 1 aromatic carbocycles. The number of Topliss-reactive ketones (excluding diaryl/α,β-unsaturated/α-hetero) is 2. The third-order valence-corrected chi connectivity index (χ3v) is 4.93. The van der Waals surface area contributed by atoms with Crippen molar-refractivity contribution in [3.05, 3.63) is 64.7 Å². The van der Waals surface area contributed by atoms with Crippen molar-refractivity contribution in [2.24, 2.45) is 0 Å². The lowest BCUT2D eigenvalue weighted by molar-refractivity contribution is -0.150. The molecule has 0 saturated heterocycles. The van der Waals surface area contributed by atoms with Gasteiger partial charge in [0.15, 0.2) is 17.9 Å². The first kappa shape index (κ1) is 21.1. The Morgan fingerprint density at radius 1 is 1.17 bits per heavy atom. The third kappa shape index (κ3) is 4.35. The lowest BCUT2D eigenvalue weighted by Gasteiger charge is -2.18. The summed E-state index contributed by atoms with van der Waals surface area (Å²) < 4.78 is 6.79. The van der Waals surface area contributed by atoms with Crippen LogP contribution in [0, 0.1) is 13.8 Å². The fourth-order valence-electron chi connectivity index (χ4n) is 3.47. The second kappa shape index (κ2) is 8.81. The van der Waals surface area contributed by atoms with Crippen LogP contribution in [0.5, 0.6) is 0 Å². The molecule has 1 N–H and O–H groups in total. The summed E-state index contributed by atoms with van der Waals surface area (Å²) in [5, 5.41) is 11.0. The van der Waals surface area contributed by atoms with Gasteiger partial charge in [-0.2, -0.15) is 0 Å². The molecule has 0 amide bonds. The van der Waals surface area contributed by atoms with Crippen LogP contribution < -0.4 is 0 Å². The Morgan fingerprint density at radius 2 is 1.87 bits per heavy atom. The Kier molecular flexibility index (Phi) is 6.20. The Balaban J connectivity index is 1.79. The predicted molar refractivity (Wildman–Crippen MR) is 107 cm³/mol. The summed E-state index contributed by atoms with van der Waals surface area (Å²) >= 11 is 0. The van der Waals surface area contributed by atoms with Crippen molar-refractivity contribution in [2.75, 3.05) is 0 Å². The molecule has 0 bridgehead atoms. The standard InChI is InChI=1S/C21H23N5O4/c1-12-18(14(3)27)13(2)23-19(12)20(28)15(4)30-21(29)17(26-11-22-24-25-26)10-16-8-6-5-7-9-16/h5-9,11,15,17,23H,10H2,1-4H3/t15-,17+/m0/s1. The summed E-state index contributed by atoms with van der Waals surface area (Å²) in [6, 6.07) is 8.56. The number of ether oxygens (including phenoxy) is 1. The van der Waals surface area contributed by atoms with Gasteiger partial charge in [-0.15, -0.1) is 5.10 Å². The minimum atomic E-state index is -1.05. The van der Waals surface area contributed by atoms with E-state index >= 15 is 0 Å². The van der Waals surface area contributed by atoms with Crippen LogP contribution >= 0.6 is 0 Å². The monoisotopic (exact) mass is 409 g/mol. The molecule has 0 saturated carbocycles. The number of aromatic nitrogens is 5. The minimum absolute atomic E-state index is 0.133. The average molecular weight is 409 g/mol. The van der Waals surface area contributed by atoms with Gasteiger partial charge in [-0.05, 0) is 49.2 Å². The average Bonchev–Trinajstić information content (AvgIpc) is 3.34. The summed E-state index contributed by atoms with van der Waals surface area (Å²) in [4.78, 5) is 40.6. The summed E-state index contributed by atoms with van der Waals surface area (Å²) in [6.07, 6.45) is 0.587. The lowest BCUT2D eigenvalue weighted by Crippen LogP contribution is -2.31. The zero-order valence-corrected chi connectivity index (χ0v) is 17.2. The van der Waals surface area contributed by atoms with E-state index in [1.54, 1.807) is 13.8 Å². The van der Waals surface area contributed by atoms with Crippen molar-refractivity contribution in [2.45, 2.75) is 46.3 Å². The van der Waals surface area contributed by atoms with Crippen molar-refractivity contribution < 1.29 is 19.1 Å². The van der Waals surface area contributed by atoms with Crippen LogP contribution in [0.4, 0.5) is 0 Å². The first-order valence-electron chi connectivity index (χ1n) is 9.50. The second-order valence-corrected chi connectivity index (χ2v) is 7.12. The molecule has 156 valence electrons. The predicted octanol–water partition coefficient (Wildman–Crippen LogP) is 2.42. The highest BCUT2D eigenvalue weighted by atomic mass is 16.5. The van der Waals surface area contributed by atoms with Gasteiger partial charge in [-0.1, -0.05) is 30.3 Å². The first-order valence-corrected chi connectivity index (χ1v) is 9.50. The molecular formula is C21H23N5O4. The van der Waals surface area contributed by atoms with E-state index in [9.17, 15) is 14.4 Å². The van der Waals surface area contributed by atoms with Gasteiger partial charge < -0.3 is 9.72 Å². The maximum atomic E-state index is 12.9. The van der Waals surface area contributed by atoms with Crippen LogP contribution in [0.3, 0.4) is 0 Å². The van der Waals surface area contributed by atoms with Crippen LogP contribution in [0.15, 0.2) is 36.7 Å². The molecule has 9 heteroatoms. The van der Waals surface area contributed by atoms with E-state index in [1.165, 1.54) is 24.9 Å². The van der Waals surface area contributed by atoms with Crippen molar-refractivity contribution in [1.29, 1.82) is 0 Å². The molecule has 3 aromatic rings. The number of nitrogens with one attached hydrogen (secondary N) is 1. The van der Waals surface area contributed by atoms with E-state index in [2.05, 4.69) is 20.5 Å². The van der Waals surface area contributed by atoms with Crippen LogP contribution in [0.25, 0.3) is 0 Å². The van der Waals surface area contributed by atoms with E-state index in [0.29, 0.717) is 23.2 Å². The maximum absolute atomic E-state index is 12.9. The van der Waals surface area contributed by atoms with Crippen LogP contribution in [0.1, 0.15) is 57.6 Å². The Hall–Kier alpha value is -3.62. The fraction of sp³-hybridized carbons (Fsp3) is 0.333. The SMILES string of the molecule is CC(=O)c1c(C)[nH]c(C(=O)[C@H](C)OC(=O)[C@@H](Cc2ccccc2)n2cnnn2)c1C. The molecule has 2 atom stereocenters. The van der Waals surface area contributed by atoms with Crippen LogP contribution in [-0.2, 0) is 16.0 Å². The van der Waals surface area contributed by atoms with Crippen molar-refractivity contribution in [3.63, 3.8) is 0 Å². The van der Waals surface area contributed by atoms with Gasteiger partial charge in [0.25, 0.3) is 0 Å². The highest BCUT2D eigenvalue weighted by molar-refractivity contribution is 6.05. The minimum Gasteiger partial charge on any atom is -0.453 e. The molecule has 0 aliphatic rings. The zero-order valence-electron chi connectivity index (χ0n) is 17.2. The highest BCUT2D eigenvalue weighted by Gasteiger charge is 2.30. The van der Waals surface area contributed by atoms with E-state index in [-0.39, 0.29) is 11.5 Å². The Morgan fingerprint density at radius 3 is 2.43 bits per heavy atom. The molecule has 2 aromatic heterocycles. The third-order valence-electron chi connectivity index (χ3n) is 4.93. The zero-order chi connectivity index (χ0) is 21.8. The molecule has 0 unspecified atom stereocenters. The number of carbonyl (C=O) groups excluding carboxylic acids is 3. The van der Waals surface area contributed by atoms with E-state index in [1.807, 2.05) is 30.3 Å². The molecule has 30 heavy (non-hydrogen) atoms. The summed E-state index contributed by atoms with van der Waals surface area (Å²) in [5.41, 5.74) is 2.80. The number of tetrazole rings is 1. The molecule has 2 heterocycles. The van der Waals surface area contributed by atoms with Gasteiger partial charge in [-0.25, -0.2) is 9.48 Å². The number of nitrogens with zero attached hydrogens (tertiary/aromatic N) is 4. The van der Waals surface area contributed by atoms with Crippen molar-refractivity contribution in [3.8, 4) is 0 Å². The molecule has 0 spiro atoms. The number of carbonyl (C=O) groups is 3. The van der Waals surface area contributed by atoms with Gasteiger partial charge in [0.1, 0.15) is 6.33 Å². The quantitative estimate of drug-likeness (QED) is 0.448. The first-order chi connectivity index (χ1) is 14.3. The maximum Gasteiger partial charge on any atom is 0.332 e. The van der Waals surface area contributed by atoms with Crippen LogP contribution in [-0.4, -0.2) is 48.8 Å². The smallest absolute Gasteiger partial charge is 0.332 e. The van der Waals surface area contributed by atoms with Gasteiger partial charge in [0, 0.05) is 17.7 Å². The molecule has 9 nitrogen and oxygen atoms in total. The number of benzene rings is 1. The summed E-state index contributed by atoms with van der Waals surface area (Å²) in [6.45, 7) is 6.37. The molecular weight excluding hydrogens is 386 g/mol. The molecule has 0 fully saturated rings. The molecule has 0 radical (unpaired) electrons. The van der Waals surface area contributed by atoms with Gasteiger partial charge in [0.2, 0.25) is 5.78 Å². The Labute approximate surface area is 173 Å². The van der Waals surface area contributed by atoms with Gasteiger partial charge in [-0.3, -0.25) is 9.59 Å². The largest absolute Gasteiger partial charge is 0.453 e. The van der Waals surface area contributed by atoms with Crippen molar-refractivity contribution in [1.82, 2.24) is 25.2 Å². The van der Waals surface area contributed by atoms with E-state index < -0.39 is 23.9 Å². The van der Waals surface area contributed by atoms with Crippen LogP contribution in [0.2, 0.25) is 0 Å². The number of H-pyrrole nitrogens is 1. The fourth-order valence-corrected chi connectivity index (χ4v) is 3.47. The lowest BCUT2D eigenvalue weighted by atomic mass is 10.0. The number of hydrogen-bond acceptors (Lipinski definition) is 7. The summed E-state index contributed by atoms with van der Waals surface area (Å²) in [5.74, 6) is -1.17. The second-order valence-electron chi connectivity index (χ2n) is 7.12. The topological polar surface area (TPSA) is 120 Å². The van der Waals surface area contributed by atoms with E-state index in [4.69, 9.17) is 4.74 Å². The normalized spacial score (nSPS) is 12.9. The number of esters is 1. The van der Waals surface area contributed by atoms with E-state index in [0.717, 1.165) is 5.56 Å². The molecule has 0 aliphatic heterocycles. The molecule has 3 rings (SSSR count). The number of aryl methyl sites for hydroxylation is 1.